The zero-order valence-corrected chi connectivity index (χ0v) is 11.7. The molecule has 4 nitrogen and oxygen atoms in total. The summed E-state index contributed by atoms with van der Waals surface area (Å²) in [7, 11) is 0. The van der Waals surface area contributed by atoms with E-state index in [4.69, 9.17) is 0 Å². The van der Waals surface area contributed by atoms with E-state index < -0.39 is 4.92 Å². The van der Waals surface area contributed by atoms with Gasteiger partial charge in [0.25, 0.3) is 5.69 Å². The van der Waals surface area contributed by atoms with Crippen LogP contribution in [0.15, 0.2) is 47.6 Å². The van der Waals surface area contributed by atoms with Gasteiger partial charge >= 0.3 is 0 Å². The van der Waals surface area contributed by atoms with Crippen LogP contribution in [0, 0.1) is 16.0 Å². The highest BCUT2D eigenvalue weighted by Gasteiger charge is 2.33. The number of hydrogen-bond donors (Lipinski definition) is 0. The first-order chi connectivity index (χ1) is 10.2. The normalized spacial score (nSPS) is 24.6. The van der Waals surface area contributed by atoms with Crippen molar-refractivity contribution in [1.82, 2.24) is 0 Å². The molecular formula is C17H17NO3. The monoisotopic (exact) mass is 283 g/mol. The third-order valence-electron chi connectivity index (χ3n) is 4.56. The quantitative estimate of drug-likeness (QED) is 0.479. The Morgan fingerprint density at radius 2 is 1.90 bits per heavy atom. The number of fused-ring (bicyclic) bond motifs is 1. The Labute approximate surface area is 123 Å². The molecule has 1 aromatic carbocycles. The van der Waals surface area contributed by atoms with Crippen molar-refractivity contribution in [2.24, 2.45) is 5.92 Å². The summed E-state index contributed by atoms with van der Waals surface area (Å²) in [5.41, 5.74) is 3.27. The van der Waals surface area contributed by atoms with Gasteiger partial charge in [0.15, 0.2) is 0 Å². The van der Waals surface area contributed by atoms with Crippen LogP contribution in [-0.4, -0.2) is 11.2 Å². The molecule has 0 spiro atoms. The van der Waals surface area contributed by atoms with Gasteiger partial charge in [0.05, 0.1) is 4.92 Å². The second-order valence-corrected chi connectivity index (χ2v) is 5.70. The predicted molar refractivity (Wildman–Crippen MR) is 80.0 cm³/mol. The Kier molecular flexibility index (Phi) is 3.69. The number of carbonyl (C=O) groups is 1. The summed E-state index contributed by atoms with van der Waals surface area (Å²) in [6, 6.07) is 6.63. The Morgan fingerprint density at radius 3 is 2.57 bits per heavy atom. The molecule has 0 heterocycles. The molecule has 108 valence electrons. The van der Waals surface area contributed by atoms with Gasteiger partial charge in [0.1, 0.15) is 6.29 Å². The number of non-ortho nitro benzene ring substituents is 1. The molecular weight excluding hydrogens is 266 g/mol. The Balaban J connectivity index is 1.98. The number of nitro groups is 1. The molecule has 0 unspecified atom stereocenters. The van der Waals surface area contributed by atoms with Crippen molar-refractivity contribution in [1.29, 1.82) is 0 Å². The minimum atomic E-state index is -0.396. The molecule has 2 aliphatic carbocycles. The summed E-state index contributed by atoms with van der Waals surface area (Å²) in [4.78, 5) is 21.8. The summed E-state index contributed by atoms with van der Waals surface area (Å²) in [6.45, 7) is 0. The molecule has 2 aliphatic rings. The molecule has 0 saturated heterocycles. The SMILES string of the molecule is O=CC1=CC=C2CCCC[C@H]2[C@@H]1c1ccc([N+](=O)[O-])cc1. The number of allylic oxidation sites excluding steroid dienone is 4. The standard InChI is InChI=1S/C17H17NO3/c19-11-14-6-5-12-3-1-2-4-16(12)17(14)13-7-9-15(10-8-13)18(20)21/h5-11,16-17H,1-4H2/t16-,17-/m1/s1. The van der Waals surface area contributed by atoms with Crippen LogP contribution in [0.5, 0.6) is 0 Å². The van der Waals surface area contributed by atoms with Crippen molar-refractivity contribution in [2.75, 3.05) is 0 Å². The number of hydrogen-bond acceptors (Lipinski definition) is 3. The third kappa shape index (κ3) is 2.53. The van der Waals surface area contributed by atoms with Crippen molar-refractivity contribution < 1.29 is 9.72 Å². The van der Waals surface area contributed by atoms with Crippen LogP contribution in [0.1, 0.15) is 37.2 Å². The molecule has 2 atom stereocenters. The van der Waals surface area contributed by atoms with Crippen LogP contribution in [-0.2, 0) is 4.79 Å². The van der Waals surface area contributed by atoms with Gasteiger partial charge in [0, 0.05) is 18.1 Å². The van der Waals surface area contributed by atoms with E-state index >= 15 is 0 Å². The van der Waals surface area contributed by atoms with Crippen LogP contribution < -0.4 is 0 Å². The summed E-state index contributed by atoms with van der Waals surface area (Å²) >= 11 is 0. The van der Waals surface area contributed by atoms with E-state index in [9.17, 15) is 14.9 Å². The maximum absolute atomic E-state index is 11.4. The van der Waals surface area contributed by atoms with E-state index in [1.165, 1.54) is 30.5 Å². The van der Waals surface area contributed by atoms with Crippen molar-refractivity contribution in [3.63, 3.8) is 0 Å². The maximum Gasteiger partial charge on any atom is 0.269 e. The van der Waals surface area contributed by atoms with Crippen LogP contribution in [0.3, 0.4) is 0 Å². The number of benzene rings is 1. The molecule has 4 heteroatoms. The second-order valence-electron chi connectivity index (χ2n) is 5.70. The van der Waals surface area contributed by atoms with Crippen LogP contribution >= 0.6 is 0 Å². The molecule has 1 fully saturated rings. The van der Waals surface area contributed by atoms with E-state index in [0.717, 1.165) is 30.3 Å². The predicted octanol–water partition coefficient (Wildman–Crippen LogP) is 3.93. The van der Waals surface area contributed by atoms with Crippen molar-refractivity contribution >= 4 is 12.0 Å². The number of rotatable bonds is 3. The van der Waals surface area contributed by atoms with Gasteiger partial charge < -0.3 is 0 Å². The number of nitro benzene ring substituents is 1. The second kappa shape index (κ2) is 5.64. The molecule has 0 aliphatic heterocycles. The van der Waals surface area contributed by atoms with E-state index in [2.05, 4.69) is 6.08 Å². The van der Waals surface area contributed by atoms with Crippen molar-refractivity contribution in [2.45, 2.75) is 31.6 Å². The molecule has 0 bridgehead atoms. The van der Waals surface area contributed by atoms with Gasteiger partial charge in [-0.05, 0) is 36.3 Å². The first-order valence-corrected chi connectivity index (χ1v) is 7.31. The van der Waals surface area contributed by atoms with Crippen LogP contribution in [0.25, 0.3) is 0 Å². The maximum atomic E-state index is 11.4. The zero-order chi connectivity index (χ0) is 14.8. The number of nitrogens with zero attached hydrogens (tertiary/aromatic N) is 1. The van der Waals surface area contributed by atoms with Gasteiger partial charge in [-0.1, -0.05) is 36.3 Å². The fourth-order valence-corrected chi connectivity index (χ4v) is 3.53. The third-order valence-corrected chi connectivity index (χ3v) is 4.56. The van der Waals surface area contributed by atoms with Crippen LogP contribution in [0.2, 0.25) is 0 Å². The lowest BCUT2D eigenvalue weighted by atomic mass is 9.68. The summed E-state index contributed by atoms with van der Waals surface area (Å²) < 4.78 is 0. The summed E-state index contributed by atoms with van der Waals surface area (Å²) in [5, 5.41) is 10.8. The molecule has 0 radical (unpaired) electrons. The molecule has 1 saturated carbocycles. The average Bonchev–Trinajstić information content (AvgIpc) is 2.53. The van der Waals surface area contributed by atoms with Gasteiger partial charge in [-0.3, -0.25) is 14.9 Å². The van der Waals surface area contributed by atoms with E-state index in [0.29, 0.717) is 5.92 Å². The van der Waals surface area contributed by atoms with Gasteiger partial charge in [0.2, 0.25) is 0 Å². The Morgan fingerprint density at radius 1 is 1.14 bits per heavy atom. The fraction of sp³-hybridized carbons (Fsp3) is 0.353. The topological polar surface area (TPSA) is 60.2 Å². The van der Waals surface area contributed by atoms with Gasteiger partial charge in [-0.2, -0.15) is 0 Å². The molecule has 0 N–H and O–H groups in total. The highest BCUT2D eigenvalue weighted by atomic mass is 16.6. The molecule has 3 rings (SSSR count). The van der Waals surface area contributed by atoms with Gasteiger partial charge in [-0.25, -0.2) is 0 Å². The molecule has 21 heavy (non-hydrogen) atoms. The Bertz CT molecular complexity index is 628. The lowest BCUT2D eigenvalue weighted by Gasteiger charge is -2.35. The first kappa shape index (κ1) is 13.7. The van der Waals surface area contributed by atoms with Crippen molar-refractivity contribution in [3.8, 4) is 0 Å². The lowest BCUT2D eigenvalue weighted by Crippen LogP contribution is -2.23. The largest absolute Gasteiger partial charge is 0.298 e. The molecule has 1 aromatic rings. The van der Waals surface area contributed by atoms with Crippen LogP contribution in [0.4, 0.5) is 5.69 Å². The molecule has 0 aromatic heterocycles. The number of aldehydes is 1. The lowest BCUT2D eigenvalue weighted by molar-refractivity contribution is -0.384. The minimum absolute atomic E-state index is 0.0450. The van der Waals surface area contributed by atoms with E-state index in [-0.39, 0.29) is 11.6 Å². The number of carbonyl (C=O) groups excluding carboxylic acids is 1. The molecule has 0 amide bonds. The smallest absolute Gasteiger partial charge is 0.269 e. The zero-order valence-electron chi connectivity index (χ0n) is 11.7. The van der Waals surface area contributed by atoms with Crippen molar-refractivity contribution in [3.05, 3.63) is 63.2 Å². The van der Waals surface area contributed by atoms with E-state index in [1.807, 2.05) is 6.08 Å². The summed E-state index contributed by atoms with van der Waals surface area (Å²) in [5.74, 6) is 0.411. The van der Waals surface area contributed by atoms with E-state index in [1.54, 1.807) is 12.1 Å². The fourth-order valence-electron chi connectivity index (χ4n) is 3.53. The Hall–Kier alpha value is -2.23. The summed E-state index contributed by atoms with van der Waals surface area (Å²) in [6.07, 6.45) is 9.49. The average molecular weight is 283 g/mol. The first-order valence-electron chi connectivity index (χ1n) is 7.31. The highest BCUT2D eigenvalue weighted by molar-refractivity contribution is 5.78. The minimum Gasteiger partial charge on any atom is -0.298 e. The van der Waals surface area contributed by atoms with Gasteiger partial charge in [-0.15, -0.1) is 0 Å². The highest BCUT2D eigenvalue weighted by Crippen LogP contribution is 2.45.